The molecule has 1 atom stereocenters. The topological polar surface area (TPSA) is 50.4 Å². The minimum atomic E-state index is 0.00152. The maximum Gasteiger partial charge on any atom is 0.251 e. The molecule has 0 saturated carbocycles. The van der Waals surface area contributed by atoms with E-state index in [-0.39, 0.29) is 11.9 Å². The van der Waals surface area contributed by atoms with Gasteiger partial charge in [-0.1, -0.05) is 0 Å². The van der Waals surface area contributed by atoms with E-state index in [2.05, 4.69) is 17.6 Å². The first-order valence-electron chi connectivity index (χ1n) is 6.87. The van der Waals surface area contributed by atoms with Gasteiger partial charge < -0.3 is 15.4 Å². The van der Waals surface area contributed by atoms with Crippen molar-refractivity contribution < 1.29 is 9.53 Å². The van der Waals surface area contributed by atoms with Crippen molar-refractivity contribution in [3.63, 3.8) is 0 Å². The molecule has 1 aliphatic heterocycles. The lowest BCUT2D eigenvalue weighted by Gasteiger charge is -2.28. The molecule has 2 rings (SSSR count). The van der Waals surface area contributed by atoms with Crippen LogP contribution >= 0.6 is 0 Å². The van der Waals surface area contributed by atoms with Gasteiger partial charge in [0.2, 0.25) is 0 Å². The first-order chi connectivity index (χ1) is 9.20. The number of anilines is 1. The Morgan fingerprint density at radius 1 is 1.26 bits per heavy atom. The number of hydrogen-bond donors (Lipinski definition) is 2. The van der Waals surface area contributed by atoms with Crippen LogP contribution in [0.4, 0.5) is 5.69 Å². The van der Waals surface area contributed by atoms with E-state index in [1.165, 1.54) is 0 Å². The van der Waals surface area contributed by atoms with Crippen molar-refractivity contribution in [1.82, 2.24) is 5.32 Å². The molecule has 4 heteroatoms. The summed E-state index contributed by atoms with van der Waals surface area (Å²) in [7, 11) is 1.86. The molecule has 0 aliphatic carbocycles. The second kappa shape index (κ2) is 6.57. The highest BCUT2D eigenvalue weighted by atomic mass is 16.5. The van der Waals surface area contributed by atoms with Gasteiger partial charge in [-0.3, -0.25) is 4.79 Å². The van der Waals surface area contributed by atoms with E-state index in [9.17, 15) is 4.79 Å². The molecular weight excluding hydrogens is 240 g/mol. The molecule has 19 heavy (non-hydrogen) atoms. The number of amides is 1. The Morgan fingerprint density at radius 3 is 2.47 bits per heavy atom. The second-order valence-electron chi connectivity index (χ2n) is 5.04. The van der Waals surface area contributed by atoms with Gasteiger partial charge in [-0.25, -0.2) is 0 Å². The van der Waals surface area contributed by atoms with Crippen LogP contribution in [0.25, 0.3) is 0 Å². The zero-order chi connectivity index (χ0) is 13.7. The molecule has 1 aliphatic rings. The summed E-state index contributed by atoms with van der Waals surface area (Å²) in [5, 5.41) is 6.13. The Hall–Kier alpha value is -1.55. The standard InChI is InChI=1S/C15H22N2O2/c1-11(12-7-9-19-10-8-12)17-15(18)13-3-5-14(16-2)6-4-13/h3-6,11-12,16H,7-10H2,1-2H3,(H,17,18). The molecule has 1 saturated heterocycles. The summed E-state index contributed by atoms with van der Waals surface area (Å²) >= 11 is 0. The van der Waals surface area contributed by atoms with E-state index < -0.39 is 0 Å². The van der Waals surface area contributed by atoms with Crippen molar-refractivity contribution in [3.05, 3.63) is 29.8 Å². The number of benzene rings is 1. The SMILES string of the molecule is CNc1ccc(C(=O)NC(C)C2CCOCC2)cc1. The molecule has 1 heterocycles. The normalized spacial score (nSPS) is 17.8. The van der Waals surface area contributed by atoms with Crippen molar-refractivity contribution in [2.45, 2.75) is 25.8 Å². The van der Waals surface area contributed by atoms with Crippen LogP contribution in [0, 0.1) is 5.92 Å². The van der Waals surface area contributed by atoms with Crippen molar-refractivity contribution in [2.75, 3.05) is 25.6 Å². The molecule has 0 aromatic heterocycles. The summed E-state index contributed by atoms with van der Waals surface area (Å²) in [4.78, 5) is 12.1. The summed E-state index contributed by atoms with van der Waals surface area (Å²) in [5.41, 5.74) is 1.71. The number of carbonyl (C=O) groups excluding carboxylic acids is 1. The van der Waals surface area contributed by atoms with Crippen molar-refractivity contribution in [1.29, 1.82) is 0 Å². The molecule has 0 radical (unpaired) electrons. The summed E-state index contributed by atoms with van der Waals surface area (Å²) in [6.07, 6.45) is 2.06. The summed E-state index contributed by atoms with van der Waals surface area (Å²) < 4.78 is 5.35. The maximum atomic E-state index is 12.1. The van der Waals surface area contributed by atoms with Crippen molar-refractivity contribution >= 4 is 11.6 Å². The minimum Gasteiger partial charge on any atom is -0.388 e. The predicted octanol–water partition coefficient (Wildman–Crippen LogP) is 2.27. The fourth-order valence-corrected chi connectivity index (χ4v) is 2.41. The van der Waals surface area contributed by atoms with Gasteiger partial charge in [-0.15, -0.1) is 0 Å². The highest BCUT2D eigenvalue weighted by molar-refractivity contribution is 5.94. The average molecular weight is 262 g/mol. The average Bonchev–Trinajstić information content (AvgIpc) is 2.48. The summed E-state index contributed by atoms with van der Waals surface area (Å²) in [6, 6.07) is 7.71. The Kier molecular flexibility index (Phi) is 4.80. The van der Waals surface area contributed by atoms with Crippen LogP contribution < -0.4 is 10.6 Å². The first-order valence-corrected chi connectivity index (χ1v) is 6.87. The Balaban J connectivity index is 1.91. The molecule has 2 N–H and O–H groups in total. The lowest BCUT2D eigenvalue weighted by atomic mass is 9.93. The lowest BCUT2D eigenvalue weighted by Crippen LogP contribution is -2.40. The zero-order valence-electron chi connectivity index (χ0n) is 11.6. The molecule has 1 aromatic carbocycles. The van der Waals surface area contributed by atoms with E-state index >= 15 is 0 Å². The molecule has 1 unspecified atom stereocenters. The van der Waals surface area contributed by atoms with Gasteiger partial charge in [0, 0.05) is 37.6 Å². The minimum absolute atomic E-state index is 0.00152. The summed E-state index contributed by atoms with van der Waals surface area (Å²) in [5.74, 6) is 0.524. The molecule has 4 nitrogen and oxygen atoms in total. The van der Waals surface area contributed by atoms with Crippen LogP contribution in [0.15, 0.2) is 24.3 Å². The maximum absolute atomic E-state index is 12.1. The smallest absolute Gasteiger partial charge is 0.251 e. The summed E-state index contributed by atoms with van der Waals surface area (Å²) in [6.45, 7) is 3.69. The van der Waals surface area contributed by atoms with E-state index in [0.29, 0.717) is 11.5 Å². The van der Waals surface area contributed by atoms with Gasteiger partial charge in [0.15, 0.2) is 0 Å². The predicted molar refractivity (Wildman–Crippen MR) is 76.5 cm³/mol. The van der Waals surface area contributed by atoms with Gasteiger partial charge in [0.1, 0.15) is 0 Å². The number of rotatable bonds is 4. The van der Waals surface area contributed by atoms with E-state index in [1.54, 1.807) is 0 Å². The Morgan fingerprint density at radius 2 is 1.89 bits per heavy atom. The van der Waals surface area contributed by atoms with Crippen molar-refractivity contribution in [2.24, 2.45) is 5.92 Å². The highest BCUT2D eigenvalue weighted by Crippen LogP contribution is 2.19. The third-order valence-electron chi connectivity index (χ3n) is 3.77. The fraction of sp³-hybridized carbons (Fsp3) is 0.533. The fourth-order valence-electron chi connectivity index (χ4n) is 2.41. The van der Waals surface area contributed by atoms with E-state index in [1.807, 2.05) is 31.3 Å². The molecule has 0 bridgehead atoms. The monoisotopic (exact) mass is 262 g/mol. The number of ether oxygens (including phenoxy) is 1. The van der Waals surface area contributed by atoms with Crippen LogP contribution in [-0.4, -0.2) is 32.2 Å². The zero-order valence-corrected chi connectivity index (χ0v) is 11.6. The highest BCUT2D eigenvalue weighted by Gasteiger charge is 2.22. The second-order valence-corrected chi connectivity index (χ2v) is 5.04. The molecule has 104 valence electrons. The van der Waals surface area contributed by atoms with Gasteiger partial charge >= 0.3 is 0 Å². The van der Waals surface area contributed by atoms with Crippen molar-refractivity contribution in [3.8, 4) is 0 Å². The quantitative estimate of drug-likeness (QED) is 0.875. The number of hydrogen-bond acceptors (Lipinski definition) is 3. The third-order valence-corrected chi connectivity index (χ3v) is 3.77. The molecule has 1 fully saturated rings. The Labute approximate surface area is 114 Å². The van der Waals surface area contributed by atoms with Gasteiger partial charge in [0.25, 0.3) is 5.91 Å². The lowest BCUT2D eigenvalue weighted by molar-refractivity contribution is 0.0538. The van der Waals surface area contributed by atoms with Crippen LogP contribution in [0.3, 0.4) is 0 Å². The molecule has 1 aromatic rings. The third kappa shape index (κ3) is 3.70. The first kappa shape index (κ1) is 13.9. The van der Waals surface area contributed by atoms with Crippen LogP contribution in [0.1, 0.15) is 30.1 Å². The molecule has 1 amide bonds. The van der Waals surface area contributed by atoms with Crippen LogP contribution in [0.5, 0.6) is 0 Å². The largest absolute Gasteiger partial charge is 0.388 e. The van der Waals surface area contributed by atoms with E-state index in [0.717, 1.165) is 31.7 Å². The van der Waals surface area contributed by atoms with Crippen LogP contribution in [-0.2, 0) is 4.74 Å². The Bertz CT molecular complexity index is 411. The van der Waals surface area contributed by atoms with Gasteiger partial charge in [-0.2, -0.15) is 0 Å². The van der Waals surface area contributed by atoms with Crippen LogP contribution in [0.2, 0.25) is 0 Å². The van der Waals surface area contributed by atoms with Gasteiger partial charge in [0.05, 0.1) is 0 Å². The molecule has 0 spiro atoms. The number of carbonyl (C=O) groups is 1. The van der Waals surface area contributed by atoms with E-state index in [4.69, 9.17) is 4.74 Å². The molecular formula is C15H22N2O2. The van der Waals surface area contributed by atoms with Gasteiger partial charge in [-0.05, 0) is 49.9 Å². The number of nitrogens with one attached hydrogen (secondary N) is 2.